The Bertz CT molecular complexity index is 962. The lowest BCUT2D eigenvalue weighted by Gasteiger charge is -2.35. The van der Waals surface area contributed by atoms with Crippen molar-refractivity contribution in [2.75, 3.05) is 16.8 Å². The van der Waals surface area contributed by atoms with E-state index in [1.165, 1.54) is 0 Å². The number of anilines is 3. The molecule has 0 spiro atoms. The number of benzene rings is 2. The third kappa shape index (κ3) is 4.82. The van der Waals surface area contributed by atoms with E-state index >= 15 is 0 Å². The van der Waals surface area contributed by atoms with Crippen LogP contribution in [0, 0.1) is 22.7 Å². The highest BCUT2D eigenvalue weighted by molar-refractivity contribution is 6.02. The molecule has 3 atom stereocenters. The quantitative estimate of drug-likeness (QED) is 0.175. The lowest BCUT2D eigenvalue weighted by atomic mass is 9.76. The van der Waals surface area contributed by atoms with Gasteiger partial charge in [-0.1, -0.05) is 32.6 Å². The van der Waals surface area contributed by atoms with Crippen molar-refractivity contribution in [3.05, 3.63) is 65.2 Å². The minimum atomic E-state index is -0.0334. The van der Waals surface area contributed by atoms with Crippen LogP contribution in [0.5, 0.6) is 0 Å². The third-order valence-corrected chi connectivity index (χ3v) is 5.75. The smallest absolute Gasteiger partial charge is 0.124 e. The Morgan fingerprint density at radius 3 is 2.27 bits per heavy atom. The summed E-state index contributed by atoms with van der Waals surface area (Å²) < 4.78 is 0. The Kier molecular flexibility index (Phi) is 7.27. The van der Waals surface area contributed by atoms with Gasteiger partial charge in [0.05, 0.1) is 6.04 Å². The molecule has 2 unspecified atom stereocenters. The zero-order valence-corrected chi connectivity index (χ0v) is 17.0. The number of nitrogen functional groups attached to an aromatic ring is 3. The number of amidine groups is 1. The summed E-state index contributed by atoms with van der Waals surface area (Å²) >= 11 is 0. The summed E-state index contributed by atoms with van der Waals surface area (Å²) in [6.07, 6.45) is 6.47. The van der Waals surface area contributed by atoms with Crippen molar-refractivity contribution in [3.8, 4) is 0 Å². The molecule has 0 saturated heterocycles. The topological polar surface area (TPSA) is 138 Å². The van der Waals surface area contributed by atoms with Crippen LogP contribution in [-0.2, 0) is 0 Å². The molecule has 160 valence electrons. The fraction of sp³-hybridized carbons (Fsp3) is 0.333. The fourth-order valence-corrected chi connectivity index (χ4v) is 4.02. The predicted octanol–water partition coefficient (Wildman–Crippen LogP) is 4.91. The molecular formula is C24H34N6. The highest BCUT2D eigenvalue weighted by Crippen LogP contribution is 2.39. The van der Waals surface area contributed by atoms with Crippen molar-refractivity contribution in [1.29, 1.82) is 10.8 Å². The molecule has 0 fully saturated rings. The molecule has 1 aliphatic carbocycles. The van der Waals surface area contributed by atoms with Gasteiger partial charge in [-0.05, 0) is 67.5 Å². The summed E-state index contributed by atoms with van der Waals surface area (Å²) in [6.45, 7) is 4.00. The second-order valence-electron chi connectivity index (χ2n) is 7.89. The van der Waals surface area contributed by atoms with Crippen molar-refractivity contribution in [3.63, 3.8) is 0 Å². The molecule has 3 rings (SSSR count). The molecule has 0 heterocycles. The molecule has 2 aromatic carbocycles. The summed E-state index contributed by atoms with van der Waals surface area (Å²) in [6, 6.07) is 11.5. The number of nitrogens with two attached hydrogens (primary N) is 3. The molecule has 0 bridgehead atoms. The monoisotopic (exact) mass is 406 g/mol. The van der Waals surface area contributed by atoms with Crippen LogP contribution in [0.25, 0.3) is 0 Å². The minimum Gasteiger partial charge on any atom is -0.398 e. The van der Waals surface area contributed by atoms with Gasteiger partial charge in [-0.15, -0.1) is 0 Å². The summed E-state index contributed by atoms with van der Waals surface area (Å²) in [4.78, 5) is 0. The molecule has 9 N–H and O–H groups in total. The largest absolute Gasteiger partial charge is 0.398 e. The highest BCUT2D eigenvalue weighted by atomic mass is 14.9. The van der Waals surface area contributed by atoms with Gasteiger partial charge in [-0.25, -0.2) is 0 Å². The third-order valence-electron chi connectivity index (χ3n) is 5.75. The first kappa shape index (κ1) is 23.0. The molecule has 0 aliphatic heterocycles. The molecule has 0 amide bonds. The van der Waals surface area contributed by atoms with Gasteiger partial charge in [0.15, 0.2) is 0 Å². The standard InChI is InChI=1S/C23H30N6.CH4/c1-13-5-3-4-6-17(13)22(15-7-9-21(26)19(11-15)23(27)28)29-16-8-10-20(25)18(12-16)14(2)24;/h3-4,7-13,17,22,24,29H,5-6,25-26H2,1-2H3,(H3,27,28);1H4/t13?,17?,22-;/m0./s1. The minimum absolute atomic E-state index is 0. The highest BCUT2D eigenvalue weighted by Gasteiger charge is 2.29. The number of allylic oxidation sites excluding steroid dienone is 2. The van der Waals surface area contributed by atoms with Gasteiger partial charge < -0.3 is 27.9 Å². The van der Waals surface area contributed by atoms with Gasteiger partial charge in [0.2, 0.25) is 0 Å². The van der Waals surface area contributed by atoms with Crippen LogP contribution in [0.15, 0.2) is 48.6 Å². The van der Waals surface area contributed by atoms with Gasteiger partial charge in [-0.2, -0.15) is 0 Å². The van der Waals surface area contributed by atoms with Crippen LogP contribution in [0.3, 0.4) is 0 Å². The SMILES string of the molecule is C.CC(=N)c1cc(N[C@@H](c2ccc(N)c(C(=N)N)c2)C2CC=CCC2C)ccc1N. The first-order valence-electron chi connectivity index (χ1n) is 9.88. The average molecular weight is 407 g/mol. The zero-order valence-electron chi connectivity index (χ0n) is 17.0. The van der Waals surface area contributed by atoms with E-state index in [9.17, 15) is 0 Å². The molecule has 0 radical (unpaired) electrons. The fourth-order valence-electron chi connectivity index (χ4n) is 4.02. The Labute approximate surface area is 179 Å². The van der Waals surface area contributed by atoms with Gasteiger partial charge in [0.25, 0.3) is 0 Å². The average Bonchev–Trinajstić information content (AvgIpc) is 2.68. The van der Waals surface area contributed by atoms with E-state index < -0.39 is 0 Å². The van der Waals surface area contributed by atoms with E-state index in [0.29, 0.717) is 34.5 Å². The maximum absolute atomic E-state index is 7.98. The summed E-state index contributed by atoms with van der Waals surface area (Å²) in [5.74, 6) is 0.827. The van der Waals surface area contributed by atoms with E-state index in [4.69, 9.17) is 28.0 Å². The summed E-state index contributed by atoms with van der Waals surface area (Å²) in [5.41, 5.74) is 22.6. The second kappa shape index (κ2) is 9.48. The maximum atomic E-state index is 7.98. The van der Waals surface area contributed by atoms with Gasteiger partial charge in [-0.3, -0.25) is 5.41 Å². The van der Waals surface area contributed by atoms with Crippen molar-refractivity contribution < 1.29 is 0 Å². The molecule has 2 aromatic rings. The van der Waals surface area contributed by atoms with Crippen LogP contribution < -0.4 is 22.5 Å². The predicted molar refractivity (Wildman–Crippen MR) is 129 cm³/mol. The van der Waals surface area contributed by atoms with Crippen molar-refractivity contribution in [2.45, 2.75) is 40.2 Å². The van der Waals surface area contributed by atoms with Gasteiger partial charge >= 0.3 is 0 Å². The Morgan fingerprint density at radius 1 is 1.00 bits per heavy atom. The number of hydrogen-bond acceptors (Lipinski definition) is 5. The Morgan fingerprint density at radius 2 is 1.63 bits per heavy atom. The molecule has 6 nitrogen and oxygen atoms in total. The molecule has 30 heavy (non-hydrogen) atoms. The van der Waals surface area contributed by atoms with E-state index in [1.807, 2.05) is 36.4 Å². The summed E-state index contributed by atoms with van der Waals surface area (Å²) in [7, 11) is 0. The molecule has 1 aliphatic rings. The Balaban J connectivity index is 0.00000320. The first-order chi connectivity index (χ1) is 13.8. The second-order valence-corrected chi connectivity index (χ2v) is 7.89. The van der Waals surface area contributed by atoms with Gasteiger partial charge in [0.1, 0.15) is 5.84 Å². The maximum Gasteiger partial charge on any atom is 0.124 e. The van der Waals surface area contributed by atoms with Crippen LogP contribution in [0.1, 0.15) is 56.8 Å². The van der Waals surface area contributed by atoms with Gasteiger partial charge in [0, 0.05) is 33.9 Å². The van der Waals surface area contributed by atoms with Crippen LogP contribution >= 0.6 is 0 Å². The van der Waals surface area contributed by atoms with Crippen molar-refractivity contribution in [2.24, 2.45) is 17.6 Å². The van der Waals surface area contributed by atoms with Crippen molar-refractivity contribution >= 4 is 28.6 Å². The van der Waals surface area contributed by atoms with Crippen molar-refractivity contribution in [1.82, 2.24) is 0 Å². The zero-order chi connectivity index (χ0) is 21.1. The van der Waals surface area contributed by atoms with E-state index in [0.717, 1.165) is 29.7 Å². The lowest BCUT2D eigenvalue weighted by molar-refractivity contribution is 0.308. The normalized spacial score (nSPS) is 18.9. The van der Waals surface area contributed by atoms with E-state index in [1.54, 1.807) is 6.92 Å². The van der Waals surface area contributed by atoms with E-state index in [-0.39, 0.29) is 19.3 Å². The summed E-state index contributed by atoms with van der Waals surface area (Å²) in [5, 5.41) is 19.5. The Hall–Kier alpha value is -3.28. The van der Waals surface area contributed by atoms with Crippen LogP contribution in [0.4, 0.5) is 17.1 Å². The first-order valence-corrected chi connectivity index (χ1v) is 9.88. The number of nitrogens with one attached hydrogen (secondary N) is 3. The molecular weight excluding hydrogens is 372 g/mol. The molecule has 6 heteroatoms. The number of hydrogen-bond donors (Lipinski definition) is 6. The van der Waals surface area contributed by atoms with Crippen LogP contribution in [0.2, 0.25) is 0 Å². The van der Waals surface area contributed by atoms with E-state index in [2.05, 4.69) is 24.4 Å². The lowest BCUT2D eigenvalue weighted by Crippen LogP contribution is -2.28. The molecule has 0 aromatic heterocycles. The van der Waals surface area contributed by atoms with Crippen LogP contribution in [-0.4, -0.2) is 11.5 Å². The molecule has 0 saturated carbocycles. The number of rotatable bonds is 6.